The van der Waals surface area contributed by atoms with Crippen LogP contribution < -0.4 is 10.6 Å². The van der Waals surface area contributed by atoms with Crippen LogP contribution >= 0.6 is 23.1 Å². The molecule has 2 N–H and O–H groups in total. The molecule has 1 aliphatic heterocycles. The maximum Gasteiger partial charge on any atom is 0.230 e. The van der Waals surface area contributed by atoms with Gasteiger partial charge < -0.3 is 10.6 Å². The fourth-order valence-corrected chi connectivity index (χ4v) is 4.89. The summed E-state index contributed by atoms with van der Waals surface area (Å²) in [7, 11) is 0. The molecule has 2 heterocycles. The maximum atomic E-state index is 12.2. The van der Waals surface area contributed by atoms with Crippen molar-refractivity contribution in [1.29, 1.82) is 0 Å². The van der Waals surface area contributed by atoms with Crippen molar-refractivity contribution in [3.63, 3.8) is 0 Å². The van der Waals surface area contributed by atoms with Gasteiger partial charge in [0.05, 0.1) is 5.75 Å². The Balaban J connectivity index is 1.52. The molecule has 138 valence electrons. The highest BCUT2D eigenvalue weighted by Gasteiger charge is 2.24. The van der Waals surface area contributed by atoms with Crippen LogP contribution in [0.25, 0.3) is 0 Å². The molecule has 0 radical (unpaired) electrons. The van der Waals surface area contributed by atoms with E-state index in [1.54, 1.807) is 23.1 Å². The van der Waals surface area contributed by atoms with Crippen LogP contribution in [0.1, 0.15) is 41.6 Å². The Bertz CT molecular complexity index is 771. The topological polar surface area (TPSA) is 53.5 Å². The Labute approximate surface area is 163 Å². The molecular formula is C20H25N3OS2. The molecule has 1 aromatic carbocycles. The van der Waals surface area contributed by atoms with Gasteiger partial charge in [0.1, 0.15) is 16.2 Å². The number of hydrogen-bond donors (Lipinski definition) is 2. The van der Waals surface area contributed by atoms with Gasteiger partial charge in [-0.1, -0.05) is 44.2 Å². The number of fused-ring (bicyclic) bond motifs is 1. The molecule has 3 rings (SSSR count). The van der Waals surface area contributed by atoms with E-state index in [2.05, 4.69) is 42.7 Å². The Hall–Kier alpha value is -1.79. The third-order valence-electron chi connectivity index (χ3n) is 4.24. The molecule has 0 fully saturated rings. The van der Waals surface area contributed by atoms with Gasteiger partial charge in [-0.3, -0.25) is 9.79 Å². The fraction of sp³-hybridized carbons (Fsp3) is 0.400. The number of benzene rings is 1. The van der Waals surface area contributed by atoms with Crippen molar-refractivity contribution < 1.29 is 4.79 Å². The van der Waals surface area contributed by atoms with Gasteiger partial charge >= 0.3 is 0 Å². The number of amidine groups is 1. The van der Waals surface area contributed by atoms with Crippen molar-refractivity contribution >= 4 is 39.8 Å². The molecule has 26 heavy (non-hydrogen) atoms. The van der Waals surface area contributed by atoms with Crippen molar-refractivity contribution in [3.8, 4) is 0 Å². The summed E-state index contributed by atoms with van der Waals surface area (Å²) >= 11 is 3.40. The first kappa shape index (κ1) is 19.0. The fourth-order valence-electron chi connectivity index (χ4n) is 2.79. The molecule has 0 aliphatic carbocycles. The lowest BCUT2D eigenvalue weighted by atomic mass is 10.1. The lowest BCUT2D eigenvalue weighted by Crippen LogP contribution is -2.28. The van der Waals surface area contributed by atoms with Crippen LogP contribution in [0.5, 0.6) is 0 Å². The number of anilines is 1. The predicted molar refractivity (Wildman–Crippen MR) is 113 cm³/mol. The Morgan fingerprint density at radius 1 is 1.27 bits per heavy atom. The Kier molecular flexibility index (Phi) is 6.74. The normalized spacial score (nSPS) is 15.8. The summed E-state index contributed by atoms with van der Waals surface area (Å²) in [5, 5.41) is 7.64. The number of hydrogen-bond acceptors (Lipinski definition) is 5. The highest BCUT2D eigenvalue weighted by molar-refractivity contribution is 8.00. The van der Waals surface area contributed by atoms with Gasteiger partial charge in [0, 0.05) is 23.4 Å². The van der Waals surface area contributed by atoms with E-state index >= 15 is 0 Å². The van der Waals surface area contributed by atoms with Crippen LogP contribution in [0.4, 0.5) is 5.00 Å². The molecule has 2 aromatic rings. The summed E-state index contributed by atoms with van der Waals surface area (Å²) in [5.41, 5.74) is 2.46. The van der Waals surface area contributed by atoms with E-state index in [1.165, 1.54) is 21.0 Å². The van der Waals surface area contributed by atoms with Crippen molar-refractivity contribution in [1.82, 2.24) is 5.32 Å². The number of carbonyl (C=O) groups is 1. The monoisotopic (exact) mass is 387 g/mol. The third-order valence-corrected chi connectivity index (χ3v) is 6.56. The van der Waals surface area contributed by atoms with Gasteiger partial charge in [-0.15, -0.1) is 23.1 Å². The molecule has 1 aliphatic rings. The van der Waals surface area contributed by atoms with E-state index in [0.717, 1.165) is 25.1 Å². The number of nitrogens with zero attached hydrogens (tertiary/aromatic N) is 1. The largest absolute Gasteiger partial charge is 0.355 e. The first-order chi connectivity index (χ1) is 12.7. The van der Waals surface area contributed by atoms with Crippen LogP contribution in [0.3, 0.4) is 0 Å². The van der Waals surface area contributed by atoms with Crippen molar-refractivity contribution in [2.75, 3.05) is 17.6 Å². The number of aliphatic imine (C=N–C) groups is 1. The standard InChI is InChI=1S/C20H25N3OS2/c1-3-15-12-16-19(22-17(4-2)23-20(16)26-15)25-13-18(24)21-11-10-14-8-6-5-7-9-14/h5-9,12,19H,3-4,10-11,13H2,1-2H3,(H,21,24)(H,22,23). The number of nitrogens with one attached hydrogen (secondary N) is 2. The van der Waals surface area contributed by atoms with Gasteiger partial charge in [0.15, 0.2) is 0 Å². The minimum absolute atomic E-state index is 0.0117. The Morgan fingerprint density at radius 3 is 2.81 bits per heavy atom. The zero-order valence-corrected chi connectivity index (χ0v) is 16.9. The molecule has 0 saturated carbocycles. The number of aryl methyl sites for hydroxylation is 1. The van der Waals surface area contributed by atoms with Crippen LogP contribution in [0.2, 0.25) is 0 Å². The van der Waals surface area contributed by atoms with Crippen LogP contribution in [0, 0.1) is 0 Å². The summed E-state index contributed by atoms with van der Waals surface area (Å²) in [6, 6.07) is 12.5. The number of thioether (sulfide) groups is 1. The van der Waals surface area contributed by atoms with Crippen molar-refractivity contribution in [2.45, 2.75) is 38.5 Å². The number of rotatable bonds is 8. The lowest BCUT2D eigenvalue weighted by molar-refractivity contribution is -0.118. The SMILES string of the molecule is CCC1=NC(SCC(=O)NCCc2ccccc2)c2cc(CC)sc2N1. The summed E-state index contributed by atoms with van der Waals surface area (Å²) in [6.07, 6.45) is 2.76. The molecular weight excluding hydrogens is 362 g/mol. The molecule has 4 nitrogen and oxygen atoms in total. The van der Waals surface area contributed by atoms with E-state index < -0.39 is 0 Å². The highest BCUT2D eigenvalue weighted by Crippen LogP contribution is 2.43. The van der Waals surface area contributed by atoms with Gasteiger partial charge in [-0.2, -0.15) is 0 Å². The van der Waals surface area contributed by atoms with E-state index in [0.29, 0.717) is 12.3 Å². The van der Waals surface area contributed by atoms with Gasteiger partial charge in [0.2, 0.25) is 5.91 Å². The van der Waals surface area contributed by atoms with Crippen LogP contribution in [-0.4, -0.2) is 24.0 Å². The second-order valence-electron chi connectivity index (χ2n) is 6.15. The zero-order chi connectivity index (χ0) is 18.4. The average Bonchev–Trinajstić information content (AvgIpc) is 3.10. The number of carbonyl (C=O) groups excluding carboxylic acids is 1. The summed E-state index contributed by atoms with van der Waals surface area (Å²) < 4.78 is 0. The lowest BCUT2D eigenvalue weighted by Gasteiger charge is -2.21. The molecule has 0 spiro atoms. The minimum atomic E-state index is 0.0117. The molecule has 1 atom stereocenters. The second-order valence-corrected chi connectivity index (χ2v) is 8.36. The minimum Gasteiger partial charge on any atom is -0.355 e. The summed E-state index contributed by atoms with van der Waals surface area (Å²) in [4.78, 5) is 18.3. The van der Waals surface area contributed by atoms with E-state index in [9.17, 15) is 4.79 Å². The average molecular weight is 388 g/mol. The first-order valence-electron chi connectivity index (χ1n) is 9.08. The zero-order valence-electron chi connectivity index (χ0n) is 15.2. The molecule has 0 bridgehead atoms. The molecule has 0 saturated heterocycles. The third kappa shape index (κ3) is 4.89. The number of amides is 1. The van der Waals surface area contributed by atoms with Crippen molar-refractivity contribution in [3.05, 3.63) is 52.4 Å². The Morgan fingerprint density at radius 2 is 2.08 bits per heavy atom. The van der Waals surface area contributed by atoms with Gasteiger partial charge in [-0.05, 0) is 24.5 Å². The quantitative estimate of drug-likeness (QED) is 0.694. The molecule has 6 heteroatoms. The number of thiophene rings is 1. The van der Waals surface area contributed by atoms with E-state index in [4.69, 9.17) is 4.99 Å². The van der Waals surface area contributed by atoms with Gasteiger partial charge in [0.25, 0.3) is 0 Å². The van der Waals surface area contributed by atoms with Gasteiger partial charge in [-0.25, -0.2) is 0 Å². The summed E-state index contributed by atoms with van der Waals surface area (Å²) in [5.74, 6) is 1.51. The predicted octanol–water partition coefficient (Wildman–Crippen LogP) is 4.64. The first-order valence-corrected chi connectivity index (χ1v) is 10.9. The second kappa shape index (κ2) is 9.24. The van der Waals surface area contributed by atoms with E-state index in [-0.39, 0.29) is 11.3 Å². The van der Waals surface area contributed by atoms with Crippen LogP contribution in [-0.2, 0) is 17.6 Å². The van der Waals surface area contributed by atoms with Crippen molar-refractivity contribution in [2.24, 2.45) is 4.99 Å². The molecule has 1 unspecified atom stereocenters. The highest BCUT2D eigenvalue weighted by atomic mass is 32.2. The molecule has 1 amide bonds. The summed E-state index contributed by atoms with van der Waals surface area (Å²) in [6.45, 7) is 4.94. The van der Waals surface area contributed by atoms with Crippen LogP contribution in [0.15, 0.2) is 41.4 Å². The van der Waals surface area contributed by atoms with E-state index in [1.807, 2.05) is 18.2 Å². The smallest absolute Gasteiger partial charge is 0.230 e. The maximum absolute atomic E-state index is 12.2. The molecule has 1 aromatic heterocycles.